The van der Waals surface area contributed by atoms with E-state index in [0.717, 1.165) is 36.2 Å². The Morgan fingerprint density at radius 1 is 1.10 bits per heavy atom. The summed E-state index contributed by atoms with van der Waals surface area (Å²) in [6.07, 6.45) is 3.94. The molecule has 1 unspecified atom stereocenters. The van der Waals surface area contributed by atoms with Gasteiger partial charge < -0.3 is 5.32 Å². The molecule has 1 N–H and O–H groups in total. The second-order valence-electron chi connectivity index (χ2n) is 7.57. The number of benzene rings is 1. The van der Waals surface area contributed by atoms with Gasteiger partial charge in [-0.25, -0.2) is 13.1 Å². The number of nitrogens with zero attached hydrogens (tertiary/aromatic N) is 3. The molecule has 2 aliphatic rings. The van der Waals surface area contributed by atoms with Crippen LogP contribution in [0.15, 0.2) is 52.1 Å². The van der Waals surface area contributed by atoms with Crippen molar-refractivity contribution in [3.05, 3.63) is 59.1 Å². The molecule has 3 heterocycles. The molecule has 2 aromatic heterocycles. The second-order valence-corrected chi connectivity index (χ2v) is 10.6. The largest absolute Gasteiger partial charge is 0.309 e. The number of thiophene rings is 1. The molecule has 1 saturated heterocycles. The minimum Gasteiger partial charge on any atom is -0.309 e. The Balaban J connectivity index is 1.46. The van der Waals surface area contributed by atoms with Crippen LogP contribution in [0.5, 0.6) is 0 Å². The fraction of sp³-hybridized carbons (Fsp3) is 0.333. The molecule has 3 aromatic rings. The number of aromatic nitrogens is 2. The van der Waals surface area contributed by atoms with Crippen LogP contribution in [-0.4, -0.2) is 41.0 Å². The van der Waals surface area contributed by atoms with Crippen molar-refractivity contribution in [3.8, 4) is 5.69 Å². The average molecular weight is 443 g/mol. The van der Waals surface area contributed by atoms with Crippen molar-refractivity contribution < 1.29 is 13.2 Å². The maximum atomic E-state index is 13.3. The lowest BCUT2D eigenvalue weighted by molar-refractivity contribution is -0.119. The number of fused-ring (bicyclic) bond motifs is 1. The minimum absolute atomic E-state index is 0.275. The van der Waals surface area contributed by atoms with Crippen LogP contribution < -0.4 is 5.32 Å². The van der Waals surface area contributed by atoms with Gasteiger partial charge in [-0.15, -0.1) is 11.3 Å². The number of hydrogen-bond acceptors (Lipinski definition) is 5. The number of nitrogens with one attached hydrogen (secondary N) is 1. The number of rotatable bonds is 5. The highest BCUT2D eigenvalue weighted by molar-refractivity contribution is 7.91. The van der Waals surface area contributed by atoms with Crippen LogP contribution in [0.1, 0.15) is 30.5 Å². The second kappa shape index (κ2) is 7.64. The summed E-state index contributed by atoms with van der Waals surface area (Å²) in [5.74, 6) is 0.374. The van der Waals surface area contributed by atoms with Gasteiger partial charge in [0.1, 0.15) is 16.1 Å². The van der Waals surface area contributed by atoms with Crippen LogP contribution in [-0.2, 0) is 27.7 Å². The molecule has 9 heteroatoms. The zero-order valence-corrected chi connectivity index (χ0v) is 18.0. The van der Waals surface area contributed by atoms with Gasteiger partial charge in [0.25, 0.3) is 10.0 Å². The molecule has 1 aromatic carbocycles. The molecular weight excluding hydrogens is 420 g/mol. The van der Waals surface area contributed by atoms with Gasteiger partial charge in [-0.05, 0) is 55.7 Å². The van der Waals surface area contributed by atoms with Crippen molar-refractivity contribution in [3.63, 3.8) is 0 Å². The maximum Gasteiger partial charge on any atom is 0.253 e. The topological polar surface area (TPSA) is 84.3 Å². The van der Waals surface area contributed by atoms with Crippen LogP contribution >= 0.6 is 11.3 Å². The molecule has 5 rings (SSSR count). The lowest BCUT2D eigenvalue weighted by Crippen LogP contribution is -2.43. The van der Waals surface area contributed by atoms with E-state index in [-0.39, 0.29) is 10.1 Å². The third-order valence-electron chi connectivity index (χ3n) is 5.71. The highest BCUT2D eigenvalue weighted by Gasteiger charge is 2.40. The lowest BCUT2D eigenvalue weighted by Gasteiger charge is -2.23. The first-order valence-electron chi connectivity index (χ1n) is 10.1. The molecule has 156 valence electrons. The molecule has 7 nitrogen and oxygen atoms in total. The van der Waals surface area contributed by atoms with Crippen LogP contribution in [0.2, 0.25) is 0 Å². The molecule has 0 bridgehead atoms. The van der Waals surface area contributed by atoms with E-state index in [9.17, 15) is 13.2 Å². The van der Waals surface area contributed by atoms with Gasteiger partial charge in [-0.3, -0.25) is 4.79 Å². The fourth-order valence-electron chi connectivity index (χ4n) is 4.29. The Morgan fingerprint density at radius 2 is 1.93 bits per heavy atom. The monoisotopic (exact) mass is 442 g/mol. The Labute approximate surface area is 179 Å². The van der Waals surface area contributed by atoms with E-state index in [2.05, 4.69) is 5.32 Å². The normalized spacial score (nSPS) is 19.1. The number of hydrogen-bond donors (Lipinski definition) is 1. The predicted molar refractivity (Wildman–Crippen MR) is 115 cm³/mol. The van der Waals surface area contributed by atoms with E-state index in [0.29, 0.717) is 25.2 Å². The number of aryl methyl sites for hydroxylation is 1. The average Bonchev–Trinajstić information content (AvgIpc) is 3.53. The van der Waals surface area contributed by atoms with Crippen LogP contribution in [0, 0.1) is 0 Å². The molecule has 0 saturated carbocycles. The standard InChI is InChI=1S/C21H22N4O3S2/c26-21(18-11-5-13-24(18)30(27,28)19-12-6-14-29-19)22-20-16-9-4-10-17(16)23-25(20)15-7-2-1-3-8-15/h1-3,6-8,12,14,18H,4-5,9-11,13H2,(H,22,26). The van der Waals surface area contributed by atoms with Gasteiger partial charge in [0.05, 0.1) is 11.4 Å². The molecular formula is C21H22N4O3S2. The number of para-hydroxylation sites is 1. The summed E-state index contributed by atoms with van der Waals surface area (Å²) in [6.45, 7) is 0.356. The molecule has 30 heavy (non-hydrogen) atoms. The van der Waals surface area contributed by atoms with Crippen molar-refractivity contribution in [1.29, 1.82) is 0 Å². The van der Waals surface area contributed by atoms with E-state index in [1.807, 2.05) is 30.3 Å². The van der Waals surface area contributed by atoms with Gasteiger partial charge in [-0.1, -0.05) is 24.3 Å². The molecule has 1 amide bonds. The first kappa shape index (κ1) is 19.5. The fourth-order valence-corrected chi connectivity index (χ4v) is 7.07. The quantitative estimate of drug-likeness (QED) is 0.658. The predicted octanol–water partition coefficient (Wildman–Crippen LogP) is 3.21. The summed E-state index contributed by atoms with van der Waals surface area (Å²) in [5.41, 5.74) is 2.93. The third-order valence-corrected chi connectivity index (χ3v) is 9.00. The van der Waals surface area contributed by atoms with Crippen molar-refractivity contribution in [2.24, 2.45) is 0 Å². The summed E-state index contributed by atoms with van der Waals surface area (Å²) in [4.78, 5) is 13.3. The number of anilines is 1. The van der Waals surface area contributed by atoms with E-state index >= 15 is 0 Å². The molecule has 0 radical (unpaired) electrons. The van der Waals surface area contributed by atoms with Crippen molar-refractivity contribution in [1.82, 2.24) is 14.1 Å². The Hall–Kier alpha value is -2.49. The lowest BCUT2D eigenvalue weighted by atomic mass is 10.2. The van der Waals surface area contributed by atoms with Gasteiger partial charge in [0, 0.05) is 12.1 Å². The number of sulfonamides is 1. The summed E-state index contributed by atoms with van der Waals surface area (Å²) in [5, 5.41) is 9.49. The van der Waals surface area contributed by atoms with Crippen LogP contribution in [0.25, 0.3) is 5.69 Å². The summed E-state index contributed by atoms with van der Waals surface area (Å²) in [6, 6.07) is 12.3. The zero-order chi connectivity index (χ0) is 20.7. The Bertz CT molecular complexity index is 1170. The SMILES string of the molecule is O=C(Nc1c2c(nn1-c1ccccc1)CCC2)C1CCCN1S(=O)(=O)c1cccs1. The highest BCUT2D eigenvalue weighted by atomic mass is 32.2. The summed E-state index contributed by atoms with van der Waals surface area (Å²) in [7, 11) is -3.67. The third kappa shape index (κ3) is 3.27. The Morgan fingerprint density at radius 3 is 2.70 bits per heavy atom. The van der Waals surface area contributed by atoms with Gasteiger partial charge in [0.2, 0.25) is 5.91 Å². The Kier molecular flexibility index (Phi) is 4.96. The van der Waals surface area contributed by atoms with Gasteiger partial charge in [0.15, 0.2) is 0 Å². The van der Waals surface area contributed by atoms with E-state index < -0.39 is 16.1 Å². The summed E-state index contributed by atoms with van der Waals surface area (Å²) < 4.78 is 29.4. The molecule has 1 atom stereocenters. The van der Waals surface area contributed by atoms with E-state index in [1.165, 1.54) is 15.6 Å². The molecule has 1 fully saturated rings. The van der Waals surface area contributed by atoms with Crippen LogP contribution in [0.4, 0.5) is 5.82 Å². The van der Waals surface area contributed by atoms with Gasteiger partial charge in [-0.2, -0.15) is 9.40 Å². The number of carbonyl (C=O) groups is 1. The van der Waals surface area contributed by atoms with Crippen molar-refractivity contribution in [2.75, 3.05) is 11.9 Å². The van der Waals surface area contributed by atoms with E-state index in [4.69, 9.17) is 5.10 Å². The molecule has 1 aliphatic carbocycles. The van der Waals surface area contributed by atoms with E-state index in [1.54, 1.807) is 22.2 Å². The smallest absolute Gasteiger partial charge is 0.253 e. The van der Waals surface area contributed by atoms with Crippen molar-refractivity contribution in [2.45, 2.75) is 42.4 Å². The first-order valence-corrected chi connectivity index (χ1v) is 12.4. The maximum absolute atomic E-state index is 13.3. The first-order chi connectivity index (χ1) is 14.6. The number of amides is 1. The van der Waals surface area contributed by atoms with Crippen LogP contribution in [0.3, 0.4) is 0 Å². The number of carbonyl (C=O) groups excluding carboxylic acids is 1. The molecule has 1 aliphatic heterocycles. The highest BCUT2D eigenvalue weighted by Crippen LogP contribution is 2.33. The summed E-state index contributed by atoms with van der Waals surface area (Å²) >= 11 is 1.18. The van der Waals surface area contributed by atoms with Crippen molar-refractivity contribution >= 4 is 33.1 Å². The van der Waals surface area contributed by atoms with Gasteiger partial charge >= 0.3 is 0 Å². The minimum atomic E-state index is -3.67. The molecule has 0 spiro atoms. The zero-order valence-electron chi connectivity index (χ0n) is 16.3.